The molecule has 1 aromatic heterocycles. The van der Waals surface area contributed by atoms with Crippen molar-refractivity contribution in [2.75, 3.05) is 12.5 Å². The fraction of sp³-hybridized carbons (Fsp3) is 0.286. The highest BCUT2D eigenvalue weighted by Gasteiger charge is 2.18. The molecule has 0 saturated heterocycles. The van der Waals surface area contributed by atoms with Crippen molar-refractivity contribution in [1.82, 2.24) is 4.98 Å². The van der Waals surface area contributed by atoms with Gasteiger partial charge in [-0.25, -0.2) is 4.79 Å². The lowest BCUT2D eigenvalue weighted by molar-refractivity contribution is 0.0474. The molecule has 0 bridgehead atoms. The van der Waals surface area contributed by atoms with Gasteiger partial charge in [-0.05, 0) is 43.5 Å². The Balaban J connectivity index is 1.75. The fourth-order valence-electron chi connectivity index (χ4n) is 2.84. The van der Waals surface area contributed by atoms with Gasteiger partial charge in [0, 0.05) is 22.5 Å². The molecule has 2 aromatic carbocycles. The first kappa shape index (κ1) is 18.3. The Morgan fingerprint density at radius 1 is 1.12 bits per heavy atom. The van der Waals surface area contributed by atoms with E-state index in [-0.39, 0.29) is 12.6 Å². The van der Waals surface area contributed by atoms with Crippen LogP contribution in [0, 0.1) is 6.92 Å². The summed E-state index contributed by atoms with van der Waals surface area (Å²) in [5.74, 6) is 1.04. The summed E-state index contributed by atoms with van der Waals surface area (Å²) in [7, 11) is 0. The van der Waals surface area contributed by atoms with E-state index in [0.717, 1.165) is 40.8 Å². The molecule has 1 heterocycles. The van der Waals surface area contributed by atoms with Gasteiger partial charge in [-0.15, -0.1) is 11.6 Å². The molecule has 3 aromatic rings. The molecule has 0 aliphatic carbocycles. The number of hydrogen-bond donors (Lipinski definition) is 1. The summed E-state index contributed by atoms with van der Waals surface area (Å²) < 4.78 is 11.3. The molecule has 0 aliphatic rings. The van der Waals surface area contributed by atoms with Gasteiger partial charge >= 0.3 is 5.97 Å². The van der Waals surface area contributed by atoms with E-state index in [1.807, 2.05) is 55.5 Å². The fourth-order valence-corrected chi connectivity index (χ4v) is 3.03. The van der Waals surface area contributed by atoms with Crippen molar-refractivity contribution in [2.45, 2.75) is 26.4 Å². The molecule has 3 rings (SSSR count). The van der Waals surface area contributed by atoms with E-state index >= 15 is 0 Å². The molecule has 0 spiro atoms. The zero-order chi connectivity index (χ0) is 18.4. The number of nitrogens with one attached hydrogen (secondary N) is 1. The number of unbranched alkanes of at least 4 members (excludes halogenated alkanes) is 1. The Kier molecular flexibility index (Phi) is 6.18. The van der Waals surface area contributed by atoms with Gasteiger partial charge in [-0.2, -0.15) is 0 Å². The van der Waals surface area contributed by atoms with Crippen molar-refractivity contribution < 1.29 is 14.3 Å². The Labute approximate surface area is 158 Å². The number of esters is 1. The average molecular weight is 372 g/mol. The van der Waals surface area contributed by atoms with E-state index in [0.29, 0.717) is 18.1 Å². The van der Waals surface area contributed by atoms with Crippen LogP contribution in [0.1, 0.15) is 34.5 Å². The number of aromatic nitrogens is 1. The minimum atomic E-state index is -0.336. The second-order valence-corrected chi connectivity index (χ2v) is 6.52. The molecule has 4 nitrogen and oxygen atoms in total. The highest BCUT2D eigenvalue weighted by atomic mass is 35.5. The Morgan fingerprint density at radius 3 is 2.69 bits per heavy atom. The van der Waals surface area contributed by atoms with Gasteiger partial charge < -0.3 is 14.5 Å². The van der Waals surface area contributed by atoms with Crippen LogP contribution in [0.5, 0.6) is 5.75 Å². The number of benzene rings is 2. The number of hydrogen-bond acceptors (Lipinski definition) is 3. The van der Waals surface area contributed by atoms with Gasteiger partial charge in [0.15, 0.2) is 0 Å². The topological polar surface area (TPSA) is 51.3 Å². The second kappa shape index (κ2) is 8.77. The van der Waals surface area contributed by atoms with Crippen LogP contribution in [0.25, 0.3) is 10.9 Å². The molecule has 0 aliphatic heterocycles. The van der Waals surface area contributed by atoms with Gasteiger partial charge in [-0.1, -0.05) is 30.3 Å². The van der Waals surface area contributed by atoms with Crippen LogP contribution < -0.4 is 4.74 Å². The van der Waals surface area contributed by atoms with Crippen molar-refractivity contribution in [3.63, 3.8) is 0 Å². The lowest BCUT2D eigenvalue weighted by Gasteiger charge is -2.07. The Hall–Kier alpha value is -2.46. The maximum absolute atomic E-state index is 12.6. The summed E-state index contributed by atoms with van der Waals surface area (Å²) in [5.41, 5.74) is 3.20. The summed E-state index contributed by atoms with van der Waals surface area (Å²) in [4.78, 5) is 15.9. The minimum absolute atomic E-state index is 0.250. The molecule has 0 amide bonds. The molecule has 5 heteroatoms. The van der Waals surface area contributed by atoms with E-state index in [1.165, 1.54) is 0 Å². The largest absolute Gasteiger partial charge is 0.494 e. The third-order valence-electron chi connectivity index (χ3n) is 4.17. The first-order valence-corrected chi connectivity index (χ1v) is 9.24. The monoisotopic (exact) mass is 371 g/mol. The van der Waals surface area contributed by atoms with E-state index in [1.54, 1.807) is 0 Å². The Morgan fingerprint density at radius 2 is 1.92 bits per heavy atom. The number of ether oxygens (including phenoxy) is 2. The van der Waals surface area contributed by atoms with Crippen molar-refractivity contribution in [3.05, 3.63) is 65.4 Å². The molecular weight excluding hydrogens is 350 g/mol. The predicted octanol–water partition coefficient (Wildman–Crippen LogP) is 5.23. The van der Waals surface area contributed by atoms with E-state index < -0.39 is 0 Å². The van der Waals surface area contributed by atoms with Crippen LogP contribution in [0.15, 0.2) is 48.5 Å². The zero-order valence-electron chi connectivity index (χ0n) is 14.8. The van der Waals surface area contributed by atoms with Crippen LogP contribution in [0.3, 0.4) is 0 Å². The molecule has 0 fully saturated rings. The van der Waals surface area contributed by atoms with Crippen LogP contribution in [0.2, 0.25) is 0 Å². The number of alkyl halides is 1. The summed E-state index contributed by atoms with van der Waals surface area (Å²) >= 11 is 5.68. The maximum Gasteiger partial charge on any atom is 0.340 e. The van der Waals surface area contributed by atoms with Crippen molar-refractivity contribution in [3.8, 4) is 5.75 Å². The summed E-state index contributed by atoms with van der Waals surface area (Å²) in [5, 5.41) is 0.815. The summed E-state index contributed by atoms with van der Waals surface area (Å²) in [6, 6.07) is 15.4. The number of H-pyrrole nitrogens is 1. The van der Waals surface area contributed by atoms with Gasteiger partial charge in [0.1, 0.15) is 12.4 Å². The van der Waals surface area contributed by atoms with Crippen LogP contribution in [-0.2, 0) is 11.3 Å². The molecule has 26 heavy (non-hydrogen) atoms. The first-order valence-electron chi connectivity index (χ1n) is 8.71. The highest BCUT2D eigenvalue weighted by molar-refractivity contribution is 6.17. The predicted molar refractivity (Wildman–Crippen MR) is 104 cm³/mol. The summed E-state index contributed by atoms with van der Waals surface area (Å²) in [6.07, 6.45) is 1.82. The number of carbonyl (C=O) groups is 1. The lowest BCUT2D eigenvalue weighted by atomic mass is 10.1. The van der Waals surface area contributed by atoms with Gasteiger partial charge in [0.25, 0.3) is 0 Å². The van der Waals surface area contributed by atoms with Gasteiger partial charge in [-0.3, -0.25) is 0 Å². The smallest absolute Gasteiger partial charge is 0.340 e. The zero-order valence-corrected chi connectivity index (χ0v) is 15.5. The number of aromatic amines is 1. The van der Waals surface area contributed by atoms with Crippen molar-refractivity contribution in [1.29, 1.82) is 0 Å². The van der Waals surface area contributed by atoms with Crippen LogP contribution in [0.4, 0.5) is 0 Å². The SMILES string of the molecule is Cc1[nH]c2ccc(OCCCCCl)cc2c1C(=O)OCc1ccccc1. The van der Waals surface area contributed by atoms with E-state index in [2.05, 4.69) is 4.98 Å². The number of aryl methyl sites for hydroxylation is 1. The second-order valence-electron chi connectivity index (χ2n) is 6.14. The molecular formula is C21H22ClNO3. The van der Waals surface area contributed by atoms with Gasteiger partial charge in [0.2, 0.25) is 0 Å². The maximum atomic E-state index is 12.6. The van der Waals surface area contributed by atoms with E-state index in [9.17, 15) is 4.79 Å². The normalized spacial score (nSPS) is 10.8. The van der Waals surface area contributed by atoms with Gasteiger partial charge in [0.05, 0.1) is 12.2 Å². The first-order chi connectivity index (χ1) is 12.7. The lowest BCUT2D eigenvalue weighted by Crippen LogP contribution is -2.06. The van der Waals surface area contributed by atoms with Crippen LogP contribution >= 0.6 is 11.6 Å². The standard InChI is InChI=1S/C21H22ClNO3/c1-15-20(21(24)26-14-16-7-3-2-4-8-16)18-13-17(9-10-19(18)23-15)25-12-6-5-11-22/h2-4,7-10,13,23H,5-6,11-12,14H2,1H3. The third-order valence-corrected chi connectivity index (χ3v) is 4.44. The molecule has 0 saturated carbocycles. The quantitative estimate of drug-likeness (QED) is 0.335. The molecule has 136 valence electrons. The number of fused-ring (bicyclic) bond motifs is 1. The molecule has 0 radical (unpaired) electrons. The molecule has 0 atom stereocenters. The number of carbonyl (C=O) groups excluding carboxylic acids is 1. The number of halogens is 1. The van der Waals surface area contributed by atoms with Crippen molar-refractivity contribution >= 4 is 28.5 Å². The minimum Gasteiger partial charge on any atom is -0.494 e. The molecule has 1 N–H and O–H groups in total. The number of rotatable bonds is 8. The highest BCUT2D eigenvalue weighted by Crippen LogP contribution is 2.27. The van der Waals surface area contributed by atoms with Crippen molar-refractivity contribution in [2.24, 2.45) is 0 Å². The third kappa shape index (κ3) is 4.38. The molecule has 0 unspecified atom stereocenters. The summed E-state index contributed by atoms with van der Waals surface area (Å²) in [6.45, 7) is 2.73. The average Bonchev–Trinajstić information content (AvgIpc) is 2.99. The van der Waals surface area contributed by atoms with E-state index in [4.69, 9.17) is 21.1 Å². The Bertz CT molecular complexity index is 874. The van der Waals surface area contributed by atoms with Crippen LogP contribution in [-0.4, -0.2) is 23.4 Å².